The van der Waals surface area contributed by atoms with Crippen LogP contribution in [0, 0.1) is 0 Å². The van der Waals surface area contributed by atoms with Crippen molar-refractivity contribution < 1.29 is 9.47 Å². The lowest BCUT2D eigenvalue weighted by atomic mass is 10.3. The molecule has 1 atom stereocenters. The number of benzene rings is 1. The van der Waals surface area contributed by atoms with Crippen molar-refractivity contribution in [1.29, 1.82) is 0 Å². The van der Waals surface area contributed by atoms with Gasteiger partial charge in [0.25, 0.3) is 0 Å². The summed E-state index contributed by atoms with van der Waals surface area (Å²) in [6.07, 6.45) is 0.116. The SMILES string of the molecule is CN1CCOC(COc2ccc(N)c(Cl)c2)C1. The summed E-state index contributed by atoms with van der Waals surface area (Å²) >= 11 is 5.91. The minimum absolute atomic E-state index is 0.116. The average Bonchev–Trinajstić information content (AvgIpc) is 2.31. The number of ether oxygens (including phenoxy) is 2. The number of anilines is 1. The van der Waals surface area contributed by atoms with Gasteiger partial charge < -0.3 is 20.1 Å². The molecule has 1 aromatic carbocycles. The highest BCUT2D eigenvalue weighted by Crippen LogP contribution is 2.24. The van der Waals surface area contributed by atoms with E-state index in [4.69, 9.17) is 26.8 Å². The number of nitrogens with zero attached hydrogens (tertiary/aromatic N) is 1. The van der Waals surface area contributed by atoms with Crippen molar-refractivity contribution in [2.75, 3.05) is 39.1 Å². The van der Waals surface area contributed by atoms with Crippen LogP contribution in [0.1, 0.15) is 0 Å². The summed E-state index contributed by atoms with van der Waals surface area (Å²) in [7, 11) is 2.08. The summed E-state index contributed by atoms with van der Waals surface area (Å²) in [5, 5.41) is 0.518. The quantitative estimate of drug-likeness (QED) is 0.836. The van der Waals surface area contributed by atoms with Crippen molar-refractivity contribution in [3.05, 3.63) is 23.2 Å². The highest BCUT2D eigenvalue weighted by Gasteiger charge is 2.18. The largest absolute Gasteiger partial charge is 0.491 e. The Kier molecular flexibility index (Phi) is 4.10. The average molecular weight is 257 g/mol. The summed E-state index contributed by atoms with van der Waals surface area (Å²) in [6, 6.07) is 5.28. The molecule has 0 bridgehead atoms. The molecule has 0 aromatic heterocycles. The monoisotopic (exact) mass is 256 g/mol. The van der Waals surface area contributed by atoms with E-state index in [-0.39, 0.29) is 6.10 Å². The molecule has 1 fully saturated rings. The summed E-state index contributed by atoms with van der Waals surface area (Å²) < 4.78 is 11.2. The standard InChI is InChI=1S/C12H17ClN2O2/c1-15-4-5-16-10(7-15)8-17-9-2-3-12(14)11(13)6-9/h2-3,6,10H,4-5,7-8,14H2,1H3. The third-order valence-electron chi connectivity index (χ3n) is 2.75. The first kappa shape index (κ1) is 12.5. The van der Waals surface area contributed by atoms with Crippen molar-refractivity contribution in [1.82, 2.24) is 4.90 Å². The summed E-state index contributed by atoms with van der Waals surface area (Å²) in [5.41, 5.74) is 6.19. The van der Waals surface area contributed by atoms with E-state index in [1.165, 1.54) is 0 Å². The van der Waals surface area contributed by atoms with E-state index in [1.54, 1.807) is 12.1 Å². The van der Waals surface area contributed by atoms with Crippen molar-refractivity contribution in [2.24, 2.45) is 0 Å². The summed E-state index contributed by atoms with van der Waals surface area (Å²) in [5.74, 6) is 0.723. The van der Waals surface area contributed by atoms with E-state index in [1.807, 2.05) is 6.07 Å². The fourth-order valence-electron chi connectivity index (χ4n) is 1.75. The Morgan fingerprint density at radius 2 is 2.41 bits per heavy atom. The van der Waals surface area contributed by atoms with Gasteiger partial charge in [0, 0.05) is 19.2 Å². The molecule has 1 aliphatic rings. The fourth-order valence-corrected chi connectivity index (χ4v) is 1.92. The van der Waals surface area contributed by atoms with E-state index < -0.39 is 0 Å². The summed E-state index contributed by atoms with van der Waals surface area (Å²) in [4.78, 5) is 2.23. The lowest BCUT2D eigenvalue weighted by molar-refractivity contribution is -0.0403. The molecule has 94 valence electrons. The Hall–Kier alpha value is -0.970. The Morgan fingerprint density at radius 3 is 3.12 bits per heavy atom. The third kappa shape index (κ3) is 3.49. The van der Waals surface area contributed by atoms with Crippen LogP contribution < -0.4 is 10.5 Å². The van der Waals surface area contributed by atoms with Crippen LogP contribution in [-0.4, -0.2) is 44.4 Å². The molecule has 0 spiro atoms. The van der Waals surface area contributed by atoms with Gasteiger partial charge in [-0.15, -0.1) is 0 Å². The predicted molar refractivity (Wildman–Crippen MR) is 68.6 cm³/mol. The molecular formula is C12H17ClN2O2. The Labute approximate surface area is 106 Å². The highest BCUT2D eigenvalue weighted by atomic mass is 35.5. The van der Waals surface area contributed by atoms with E-state index in [0.29, 0.717) is 17.3 Å². The van der Waals surface area contributed by atoms with Crippen LogP contribution in [-0.2, 0) is 4.74 Å². The molecule has 1 aliphatic heterocycles. The van der Waals surface area contributed by atoms with Gasteiger partial charge in [-0.05, 0) is 19.2 Å². The van der Waals surface area contributed by atoms with Crippen LogP contribution in [0.15, 0.2) is 18.2 Å². The van der Waals surface area contributed by atoms with Crippen LogP contribution in [0.2, 0.25) is 5.02 Å². The molecule has 0 saturated carbocycles. The maximum absolute atomic E-state index is 5.91. The predicted octanol–water partition coefficient (Wildman–Crippen LogP) is 1.63. The normalized spacial score (nSPS) is 21.4. The van der Waals surface area contributed by atoms with Gasteiger partial charge in [0.2, 0.25) is 0 Å². The van der Waals surface area contributed by atoms with Crippen LogP contribution in [0.5, 0.6) is 5.75 Å². The Balaban J connectivity index is 1.86. The second-order valence-corrected chi connectivity index (χ2v) is 4.66. The number of nitrogens with two attached hydrogens (primary N) is 1. The smallest absolute Gasteiger partial charge is 0.121 e. The Morgan fingerprint density at radius 1 is 1.59 bits per heavy atom. The number of hydrogen-bond donors (Lipinski definition) is 1. The first-order valence-corrected chi connectivity index (χ1v) is 6.01. The molecule has 2 N–H and O–H groups in total. The van der Waals surface area contributed by atoms with E-state index in [9.17, 15) is 0 Å². The molecule has 0 amide bonds. The molecule has 5 heteroatoms. The van der Waals surface area contributed by atoms with Gasteiger partial charge >= 0.3 is 0 Å². The molecule has 2 rings (SSSR count). The fraction of sp³-hybridized carbons (Fsp3) is 0.500. The number of halogens is 1. The second-order valence-electron chi connectivity index (χ2n) is 4.25. The van der Waals surface area contributed by atoms with Gasteiger partial charge in [-0.1, -0.05) is 11.6 Å². The molecule has 4 nitrogen and oxygen atoms in total. The van der Waals surface area contributed by atoms with Gasteiger partial charge in [-0.3, -0.25) is 0 Å². The molecule has 1 heterocycles. The molecule has 17 heavy (non-hydrogen) atoms. The minimum atomic E-state index is 0.116. The Bertz CT molecular complexity index is 387. The van der Waals surface area contributed by atoms with Gasteiger partial charge in [0.1, 0.15) is 18.5 Å². The van der Waals surface area contributed by atoms with E-state index in [0.717, 1.165) is 25.4 Å². The minimum Gasteiger partial charge on any atom is -0.491 e. The van der Waals surface area contributed by atoms with Crippen molar-refractivity contribution in [3.63, 3.8) is 0 Å². The van der Waals surface area contributed by atoms with Gasteiger partial charge in [0.15, 0.2) is 0 Å². The van der Waals surface area contributed by atoms with E-state index in [2.05, 4.69) is 11.9 Å². The number of hydrogen-bond acceptors (Lipinski definition) is 4. The van der Waals surface area contributed by atoms with Crippen molar-refractivity contribution >= 4 is 17.3 Å². The molecule has 1 aromatic rings. The molecule has 1 saturated heterocycles. The zero-order valence-corrected chi connectivity index (χ0v) is 10.6. The first-order valence-electron chi connectivity index (χ1n) is 5.63. The van der Waals surface area contributed by atoms with Crippen LogP contribution in [0.25, 0.3) is 0 Å². The van der Waals surface area contributed by atoms with Crippen LogP contribution in [0.4, 0.5) is 5.69 Å². The van der Waals surface area contributed by atoms with E-state index >= 15 is 0 Å². The van der Waals surface area contributed by atoms with Crippen molar-refractivity contribution in [3.8, 4) is 5.75 Å². The topological polar surface area (TPSA) is 47.7 Å². The molecular weight excluding hydrogens is 240 g/mol. The van der Waals surface area contributed by atoms with Crippen LogP contribution in [0.3, 0.4) is 0 Å². The van der Waals surface area contributed by atoms with Crippen molar-refractivity contribution in [2.45, 2.75) is 6.10 Å². The lowest BCUT2D eigenvalue weighted by Gasteiger charge is -2.29. The highest BCUT2D eigenvalue weighted by molar-refractivity contribution is 6.33. The zero-order valence-electron chi connectivity index (χ0n) is 9.86. The second kappa shape index (κ2) is 5.58. The third-order valence-corrected chi connectivity index (χ3v) is 3.08. The number of morpholine rings is 1. The van der Waals surface area contributed by atoms with Gasteiger partial charge in [0.05, 0.1) is 17.3 Å². The van der Waals surface area contributed by atoms with Crippen LogP contribution >= 0.6 is 11.6 Å². The lowest BCUT2D eigenvalue weighted by Crippen LogP contribution is -2.42. The van der Waals surface area contributed by atoms with Gasteiger partial charge in [-0.2, -0.15) is 0 Å². The number of rotatable bonds is 3. The molecule has 1 unspecified atom stereocenters. The summed E-state index contributed by atoms with van der Waals surface area (Å²) in [6.45, 7) is 3.16. The number of likely N-dealkylation sites (N-methyl/N-ethyl adjacent to an activating group) is 1. The maximum atomic E-state index is 5.91. The number of nitrogen functional groups attached to an aromatic ring is 1. The maximum Gasteiger partial charge on any atom is 0.121 e. The molecule has 0 aliphatic carbocycles. The zero-order chi connectivity index (χ0) is 12.3. The molecule has 0 radical (unpaired) electrons. The first-order chi connectivity index (χ1) is 8.15. The van der Waals surface area contributed by atoms with Gasteiger partial charge in [-0.25, -0.2) is 0 Å².